The van der Waals surface area contributed by atoms with Crippen LogP contribution in [-0.2, 0) is 18.4 Å². The van der Waals surface area contributed by atoms with Crippen molar-refractivity contribution in [3.63, 3.8) is 0 Å². The highest BCUT2D eigenvalue weighted by Gasteiger charge is 2.18. The molecule has 1 aromatic carbocycles. The summed E-state index contributed by atoms with van der Waals surface area (Å²) < 4.78 is 10.7. The number of ether oxygens (including phenoxy) is 2. The van der Waals surface area contributed by atoms with E-state index in [1.54, 1.807) is 32.6 Å². The number of benzene rings is 1. The Morgan fingerprint density at radius 2 is 1.90 bits per heavy atom. The summed E-state index contributed by atoms with van der Waals surface area (Å²) in [5.41, 5.74) is 2.32. The Kier molecular flexibility index (Phi) is 10.2. The fourth-order valence-electron chi connectivity index (χ4n) is 2.73. The van der Waals surface area contributed by atoms with Gasteiger partial charge in [0.2, 0.25) is 0 Å². The number of likely N-dealkylation sites (N-methyl/N-ethyl adjacent to an activating group) is 1. The first-order valence-corrected chi connectivity index (χ1v) is 10.2. The predicted octanol–water partition coefficient (Wildman–Crippen LogP) is 4.33. The Morgan fingerprint density at radius 3 is 2.45 bits per heavy atom. The van der Waals surface area contributed by atoms with E-state index in [0.717, 1.165) is 41.1 Å². The maximum atomic E-state index is 5.39. The SMILES string of the molecule is CN=C(NCc1csc(C(C)(C)C)n1)N(C)CCc1ccc(OC)c(OC)c1.I. The van der Waals surface area contributed by atoms with Gasteiger partial charge < -0.3 is 19.7 Å². The molecule has 0 unspecified atom stereocenters. The number of halogens is 1. The first-order chi connectivity index (χ1) is 13.3. The molecule has 0 spiro atoms. The summed E-state index contributed by atoms with van der Waals surface area (Å²) in [5, 5.41) is 6.67. The zero-order valence-corrected chi connectivity index (χ0v) is 21.6. The van der Waals surface area contributed by atoms with Gasteiger partial charge in [0.1, 0.15) is 0 Å². The molecule has 2 rings (SSSR count). The third-order valence-corrected chi connectivity index (χ3v) is 5.70. The number of nitrogens with one attached hydrogen (secondary N) is 1. The summed E-state index contributed by atoms with van der Waals surface area (Å²) >= 11 is 1.71. The van der Waals surface area contributed by atoms with Gasteiger partial charge in [0.15, 0.2) is 17.5 Å². The summed E-state index contributed by atoms with van der Waals surface area (Å²) in [6.07, 6.45) is 0.877. The number of nitrogens with zero attached hydrogens (tertiary/aromatic N) is 3. The van der Waals surface area contributed by atoms with E-state index in [2.05, 4.69) is 47.4 Å². The van der Waals surface area contributed by atoms with Crippen LogP contribution < -0.4 is 14.8 Å². The lowest BCUT2D eigenvalue weighted by molar-refractivity contribution is 0.354. The van der Waals surface area contributed by atoms with Crippen LogP contribution in [0.2, 0.25) is 0 Å². The molecule has 0 aliphatic rings. The topological polar surface area (TPSA) is 59.0 Å². The van der Waals surface area contributed by atoms with Crippen molar-refractivity contribution in [1.29, 1.82) is 0 Å². The van der Waals surface area contributed by atoms with E-state index in [1.165, 1.54) is 5.56 Å². The van der Waals surface area contributed by atoms with E-state index in [1.807, 2.05) is 19.2 Å². The van der Waals surface area contributed by atoms with Gasteiger partial charge in [-0.05, 0) is 24.1 Å². The number of hydrogen-bond acceptors (Lipinski definition) is 5. The van der Waals surface area contributed by atoms with Crippen LogP contribution in [0.25, 0.3) is 0 Å². The van der Waals surface area contributed by atoms with Crippen molar-refractivity contribution in [2.75, 3.05) is 34.9 Å². The van der Waals surface area contributed by atoms with Crippen LogP contribution >= 0.6 is 35.3 Å². The van der Waals surface area contributed by atoms with Gasteiger partial charge in [-0.2, -0.15) is 0 Å². The third-order valence-electron chi connectivity index (χ3n) is 4.38. The minimum Gasteiger partial charge on any atom is -0.493 e. The van der Waals surface area contributed by atoms with Crippen molar-refractivity contribution in [2.45, 2.75) is 39.2 Å². The van der Waals surface area contributed by atoms with E-state index in [0.29, 0.717) is 6.54 Å². The molecule has 0 saturated heterocycles. The molecular weight excluding hydrogens is 499 g/mol. The minimum atomic E-state index is 0. The monoisotopic (exact) mass is 532 g/mol. The predicted molar refractivity (Wildman–Crippen MR) is 132 cm³/mol. The van der Waals surface area contributed by atoms with Crippen molar-refractivity contribution in [1.82, 2.24) is 15.2 Å². The number of aromatic nitrogens is 1. The van der Waals surface area contributed by atoms with E-state index < -0.39 is 0 Å². The van der Waals surface area contributed by atoms with Gasteiger partial charge in [-0.1, -0.05) is 26.8 Å². The number of hydrogen-bond donors (Lipinski definition) is 1. The molecule has 0 bridgehead atoms. The van der Waals surface area contributed by atoms with Crippen LogP contribution in [0.5, 0.6) is 11.5 Å². The molecule has 0 fully saturated rings. The summed E-state index contributed by atoms with van der Waals surface area (Å²) in [7, 11) is 7.14. The van der Waals surface area contributed by atoms with Crippen LogP contribution in [0.15, 0.2) is 28.6 Å². The molecule has 1 heterocycles. The quantitative estimate of drug-likeness (QED) is 0.327. The second kappa shape index (κ2) is 11.6. The molecule has 0 saturated carbocycles. The average Bonchev–Trinajstić information content (AvgIpc) is 3.16. The van der Waals surface area contributed by atoms with Crippen molar-refractivity contribution >= 4 is 41.3 Å². The highest BCUT2D eigenvalue weighted by Crippen LogP contribution is 2.28. The van der Waals surface area contributed by atoms with Crippen LogP contribution in [0.3, 0.4) is 0 Å². The summed E-state index contributed by atoms with van der Waals surface area (Å²) in [4.78, 5) is 11.2. The molecule has 6 nitrogen and oxygen atoms in total. The molecule has 162 valence electrons. The van der Waals surface area contributed by atoms with Gasteiger partial charge >= 0.3 is 0 Å². The molecular formula is C21H33IN4O2S. The molecule has 0 radical (unpaired) electrons. The Labute approximate surface area is 195 Å². The Bertz CT molecular complexity index is 802. The third kappa shape index (κ3) is 7.33. The normalized spacial score (nSPS) is 11.6. The van der Waals surface area contributed by atoms with Crippen molar-refractivity contribution in [3.05, 3.63) is 39.8 Å². The lowest BCUT2D eigenvalue weighted by Crippen LogP contribution is -2.39. The molecule has 0 aliphatic carbocycles. The maximum Gasteiger partial charge on any atom is 0.193 e. The number of guanidine groups is 1. The average molecular weight is 532 g/mol. The number of rotatable bonds is 7. The molecule has 2 aromatic rings. The van der Waals surface area contributed by atoms with Crippen LogP contribution in [0.4, 0.5) is 0 Å². The molecule has 0 aliphatic heterocycles. The molecule has 8 heteroatoms. The van der Waals surface area contributed by atoms with E-state index in [-0.39, 0.29) is 29.4 Å². The lowest BCUT2D eigenvalue weighted by Gasteiger charge is -2.22. The first kappa shape index (κ1) is 25.5. The second-order valence-corrected chi connectivity index (χ2v) is 8.51. The Hall–Kier alpha value is -1.55. The van der Waals surface area contributed by atoms with Gasteiger partial charge in [0, 0.05) is 31.4 Å². The zero-order valence-electron chi connectivity index (χ0n) is 18.4. The van der Waals surface area contributed by atoms with E-state index in [9.17, 15) is 0 Å². The first-order valence-electron chi connectivity index (χ1n) is 9.36. The highest BCUT2D eigenvalue weighted by atomic mass is 127. The summed E-state index contributed by atoms with van der Waals surface area (Å²) in [6, 6.07) is 6.02. The van der Waals surface area contributed by atoms with Crippen LogP contribution in [-0.4, -0.2) is 50.7 Å². The molecule has 1 N–H and O–H groups in total. The van der Waals surface area contributed by atoms with E-state index >= 15 is 0 Å². The largest absolute Gasteiger partial charge is 0.493 e. The second-order valence-electron chi connectivity index (χ2n) is 7.66. The number of thiazole rings is 1. The van der Waals surface area contributed by atoms with Crippen molar-refractivity contribution < 1.29 is 9.47 Å². The van der Waals surface area contributed by atoms with Gasteiger partial charge in [-0.3, -0.25) is 4.99 Å². The van der Waals surface area contributed by atoms with Crippen molar-refractivity contribution in [3.8, 4) is 11.5 Å². The minimum absolute atomic E-state index is 0. The van der Waals surface area contributed by atoms with Gasteiger partial charge in [0.25, 0.3) is 0 Å². The van der Waals surface area contributed by atoms with Crippen LogP contribution in [0.1, 0.15) is 37.0 Å². The van der Waals surface area contributed by atoms with Crippen molar-refractivity contribution in [2.24, 2.45) is 4.99 Å². The fraction of sp³-hybridized carbons (Fsp3) is 0.524. The maximum absolute atomic E-state index is 5.39. The van der Waals surface area contributed by atoms with Gasteiger partial charge in [0.05, 0.1) is 31.5 Å². The molecule has 0 amide bonds. The fourth-order valence-corrected chi connectivity index (χ4v) is 3.63. The van der Waals surface area contributed by atoms with Gasteiger partial charge in [-0.15, -0.1) is 35.3 Å². The Morgan fingerprint density at radius 1 is 1.21 bits per heavy atom. The van der Waals surface area contributed by atoms with E-state index in [4.69, 9.17) is 14.5 Å². The number of methoxy groups -OCH3 is 2. The highest BCUT2D eigenvalue weighted by molar-refractivity contribution is 14.0. The Balaban J connectivity index is 0.00000420. The smallest absolute Gasteiger partial charge is 0.193 e. The standard InChI is InChI=1S/C21H32N4O2S.HI/c1-21(2,3)19-24-16(14-28-19)13-23-20(22-4)25(5)11-10-15-8-9-17(26-6)18(12-15)27-7;/h8-9,12,14H,10-11,13H2,1-7H3,(H,22,23);1H. The summed E-state index contributed by atoms with van der Waals surface area (Å²) in [6.45, 7) is 8.05. The zero-order chi connectivity index (χ0) is 20.7. The summed E-state index contributed by atoms with van der Waals surface area (Å²) in [5.74, 6) is 2.35. The van der Waals surface area contributed by atoms with Crippen LogP contribution in [0, 0.1) is 0 Å². The van der Waals surface area contributed by atoms with Gasteiger partial charge in [-0.25, -0.2) is 4.98 Å². The molecule has 29 heavy (non-hydrogen) atoms. The lowest BCUT2D eigenvalue weighted by atomic mass is 9.98. The molecule has 1 aromatic heterocycles. The molecule has 0 atom stereocenters. The number of aliphatic imine (C=N–C) groups is 1.